The highest BCUT2D eigenvalue weighted by molar-refractivity contribution is 7.92. The van der Waals surface area contributed by atoms with Crippen molar-refractivity contribution < 1.29 is 18.3 Å². The summed E-state index contributed by atoms with van der Waals surface area (Å²) in [5.41, 5.74) is 0.968. The molecular formula is C23H30N4O4S. The van der Waals surface area contributed by atoms with E-state index < -0.39 is 16.0 Å². The molecule has 2 aromatic rings. The largest absolute Gasteiger partial charge is 0.478 e. The number of carboxylic acids is 1. The molecule has 32 heavy (non-hydrogen) atoms. The number of nitrogens with zero attached hydrogens (tertiary/aromatic N) is 3. The number of likely N-dealkylation sites (tertiary alicyclic amines) is 1. The Labute approximate surface area is 189 Å². The van der Waals surface area contributed by atoms with Crippen LogP contribution in [0.5, 0.6) is 0 Å². The molecule has 1 aromatic carbocycles. The van der Waals surface area contributed by atoms with E-state index in [1.165, 1.54) is 31.2 Å². The third-order valence-corrected chi connectivity index (χ3v) is 7.56. The van der Waals surface area contributed by atoms with Crippen LogP contribution in [0, 0.1) is 12.8 Å². The fraction of sp³-hybridized carbons (Fsp3) is 0.478. The third-order valence-electron chi connectivity index (χ3n) is 6.18. The second kappa shape index (κ2) is 9.46. The molecule has 1 aromatic heterocycles. The molecule has 2 aliphatic rings. The van der Waals surface area contributed by atoms with Gasteiger partial charge in [-0.3, -0.25) is 4.72 Å². The van der Waals surface area contributed by atoms with Crippen molar-refractivity contribution in [3.63, 3.8) is 0 Å². The van der Waals surface area contributed by atoms with Crippen molar-refractivity contribution in [3.8, 4) is 0 Å². The molecule has 2 fully saturated rings. The molecule has 0 saturated carbocycles. The molecule has 0 amide bonds. The van der Waals surface area contributed by atoms with Gasteiger partial charge in [0.2, 0.25) is 0 Å². The second-order valence-electron chi connectivity index (χ2n) is 8.78. The molecule has 0 bridgehead atoms. The summed E-state index contributed by atoms with van der Waals surface area (Å²) in [7, 11) is -3.84. The zero-order valence-corrected chi connectivity index (χ0v) is 19.1. The Balaban J connectivity index is 1.53. The summed E-state index contributed by atoms with van der Waals surface area (Å²) in [6.45, 7) is 6.65. The standard InChI is InChI=1S/C23H30N4O4S/c1-17-6-4-8-20(12-17)32(30,31)25-19-13-21(23(28)29)22(24-14-19)27-11-5-7-18(16-27)15-26-9-2-3-10-26/h4,6,8,12-14,18,25H,2-3,5,7,9-11,15-16H2,1H3,(H,28,29)/t18-/m0/s1. The van der Waals surface area contributed by atoms with Crippen LogP contribution in [0.25, 0.3) is 0 Å². The van der Waals surface area contributed by atoms with Gasteiger partial charge >= 0.3 is 5.97 Å². The molecule has 0 radical (unpaired) electrons. The molecule has 1 atom stereocenters. The smallest absolute Gasteiger partial charge is 0.339 e. The summed E-state index contributed by atoms with van der Waals surface area (Å²) in [4.78, 5) is 21.0. The molecule has 8 nitrogen and oxygen atoms in total. The van der Waals surface area contributed by atoms with Crippen molar-refractivity contribution in [1.29, 1.82) is 0 Å². The molecular weight excluding hydrogens is 428 g/mol. The summed E-state index contributed by atoms with van der Waals surface area (Å²) in [6, 6.07) is 7.92. The lowest BCUT2D eigenvalue weighted by Crippen LogP contribution is -2.41. The van der Waals surface area contributed by atoms with Crippen LogP contribution < -0.4 is 9.62 Å². The lowest BCUT2D eigenvalue weighted by molar-refractivity contribution is 0.0697. The number of anilines is 2. The number of nitrogens with one attached hydrogen (secondary N) is 1. The zero-order chi connectivity index (χ0) is 22.7. The van der Waals surface area contributed by atoms with E-state index >= 15 is 0 Å². The first kappa shape index (κ1) is 22.5. The van der Waals surface area contributed by atoms with E-state index in [9.17, 15) is 18.3 Å². The Bertz CT molecular complexity index is 1080. The number of rotatable bonds is 7. The average molecular weight is 459 g/mol. The lowest BCUT2D eigenvalue weighted by atomic mass is 9.97. The molecule has 9 heteroatoms. The van der Waals surface area contributed by atoms with E-state index in [0.29, 0.717) is 11.7 Å². The first-order valence-corrected chi connectivity index (χ1v) is 12.6. The van der Waals surface area contributed by atoms with Gasteiger partial charge in [0.15, 0.2) is 0 Å². The minimum atomic E-state index is -3.84. The van der Waals surface area contributed by atoms with Gasteiger partial charge in [-0.15, -0.1) is 0 Å². The van der Waals surface area contributed by atoms with Gasteiger partial charge in [0, 0.05) is 19.6 Å². The SMILES string of the molecule is Cc1cccc(S(=O)(=O)Nc2cnc(N3CCC[C@@H](CN4CCCC4)C3)c(C(=O)O)c2)c1. The Hall–Kier alpha value is -2.65. The van der Waals surface area contributed by atoms with E-state index in [-0.39, 0.29) is 16.1 Å². The van der Waals surface area contributed by atoms with Crippen LogP contribution in [0.15, 0.2) is 41.4 Å². The van der Waals surface area contributed by atoms with Gasteiger partial charge in [-0.05, 0) is 75.4 Å². The number of carbonyl (C=O) groups is 1. The summed E-state index contributed by atoms with van der Waals surface area (Å²) >= 11 is 0. The molecule has 0 aliphatic carbocycles. The van der Waals surface area contributed by atoms with Gasteiger partial charge in [0.25, 0.3) is 10.0 Å². The highest BCUT2D eigenvalue weighted by Gasteiger charge is 2.27. The van der Waals surface area contributed by atoms with Crippen LogP contribution in [0.4, 0.5) is 11.5 Å². The first-order chi connectivity index (χ1) is 15.3. The van der Waals surface area contributed by atoms with Crippen LogP contribution in [-0.4, -0.2) is 62.1 Å². The van der Waals surface area contributed by atoms with Gasteiger partial charge in [-0.1, -0.05) is 12.1 Å². The number of aromatic nitrogens is 1. The van der Waals surface area contributed by atoms with Gasteiger partial charge < -0.3 is 14.9 Å². The van der Waals surface area contributed by atoms with Crippen molar-refractivity contribution in [2.75, 3.05) is 42.3 Å². The average Bonchev–Trinajstić information content (AvgIpc) is 3.26. The Morgan fingerprint density at radius 1 is 1.19 bits per heavy atom. The maximum absolute atomic E-state index is 12.7. The number of hydrogen-bond acceptors (Lipinski definition) is 6. The lowest BCUT2D eigenvalue weighted by Gasteiger charge is -2.36. The fourth-order valence-electron chi connectivity index (χ4n) is 4.66. The molecule has 172 valence electrons. The van der Waals surface area contributed by atoms with E-state index in [1.807, 2.05) is 17.9 Å². The van der Waals surface area contributed by atoms with Crippen molar-refractivity contribution in [1.82, 2.24) is 9.88 Å². The minimum Gasteiger partial charge on any atom is -0.478 e. The van der Waals surface area contributed by atoms with Crippen molar-refractivity contribution in [3.05, 3.63) is 47.7 Å². The van der Waals surface area contributed by atoms with Crippen molar-refractivity contribution in [2.45, 2.75) is 37.5 Å². The van der Waals surface area contributed by atoms with E-state index in [4.69, 9.17) is 0 Å². The van der Waals surface area contributed by atoms with Crippen LogP contribution in [0.2, 0.25) is 0 Å². The normalized spacial score (nSPS) is 19.8. The van der Waals surface area contributed by atoms with Gasteiger partial charge in [0.05, 0.1) is 16.8 Å². The topological polar surface area (TPSA) is 103 Å². The number of carboxylic acid groups (broad SMARTS) is 1. The maximum atomic E-state index is 12.7. The number of sulfonamides is 1. The molecule has 0 spiro atoms. The maximum Gasteiger partial charge on any atom is 0.339 e. The summed E-state index contributed by atoms with van der Waals surface area (Å²) in [6.07, 6.45) is 6.02. The van der Waals surface area contributed by atoms with Crippen LogP contribution in [0.3, 0.4) is 0 Å². The Morgan fingerprint density at radius 2 is 1.97 bits per heavy atom. The van der Waals surface area contributed by atoms with Crippen molar-refractivity contribution in [2.24, 2.45) is 5.92 Å². The Morgan fingerprint density at radius 3 is 2.69 bits per heavy atom. The summed E-state index contributed by atoms with van der Waals surface area (Å²) in [5.74, 6) is -0.238. The van der Waals surface area contributed by atoms with Crippen LogP contribution >= 0.6 is 0 Å². The molecule has 2 saturated heterocycles. The van der Waals surface area contributed by atoms with E-state index in [0.717, 1.165) is 51.1 Å². The third kappa shape index (κ3) is 5.21. The molecule has 0 unspecified atom stereocenters. The monoisotopic (exact) mass is 458 g/mol. The van der Waals surface area contributed by atoms with Gasteiger partial charge in [-0.25, -0.2) is 18.2 Å². The molecule has 3 heterocycles. The first-order valence-electron chi connectivity index (χ1n) is 11.1. The fourth-order valence-corrected chi connectivity index (χ4v) is 5.79. The zero-order valence-electron chi connectivity index (χ0n) is 18.3. The Kier molecular flexibility index (Phi) is 6.66. The summed E-state index contributed by atoms with van der Waals surface area (Å²) in [5, 5.41) is 9.82. The van der Waals surface area contributed by atoms with E-state index in [1.54, 1.807) is 12.1 Å². The number of aromatic carboxylic acids is 1. The molecule has 2 aliphatic heterocycles. The summed E-state index contributed by atoms with van der Waals surface area (Å²) < 4.78 is 27.9. The van der Waals surface area contributed by atoms with Gasteiger partial charge in [0.1, 0.15) is 11.4 Å². The van der Waals surface area contributed by atoms with Crippen LogP contribution in [-0.2, 0) is 10.0 Å². The van der Waals surface area contributed by atoms with E-state index in [2.05, 4.69) is 14.6 Å². The van der Waals surface area contributed by atoms with Gasteiger partial charge in [-0.2, -0.15) is 0 Å². The number of piperidine rings is 1. The number of hydrogen-bond donors (Lipinski definition) is 2. The predicted molar refractivity (Wildman–Crippen MR) is 124 cm³/mol. The second-order valence-corrected chi connectivity index (χ2v) is 10.5. The van der Waals surface area contributed by atoms with Crippen LogP contribution in [0.1, 0.15) is 41.6 Å². The highest BCUT2D eigenvalue weighted by atomic mass is 32.2. The predicted octanol–water partition coefficient (Wildman–Crippen LogP) is 3.20. The molecule has 4 rings (SSSR count). The number of benzene rings is 1. The quantitative estimate of drug-likeness (QED) is 0.657. The van der Waals surface area contributed by atoms with Crippen molar-refractivity contribution >= 4 is 27.5 Å². The minimum absolute atomic E-state index is 0.0104. The molecule has 2 N–H and O–H groups in total. The number of pyridine rings is 1. The number of aryl methyl sites for hydroxylation is 1. The highest BCUT2D eigenvalue weighted by Crippen LogP contribution is 2.28.